The Hall–Kier alpha value is -1.46. The minimum Gasteiger partial charge on any atom is -0.396 e. The lowest BCUT2D eigenvalue weighted by molar-refractivity contribution is -0.00404. The zero-order valence-corrected chi connectivity index (χ0v) is 14.7. The van der Waals surface area contributed by atoms with E-state index in [2.05, 4.69) is 16.8 Å². The van der Waals surface area contributed by atoms with Crippen LogP contribution in [-0.4, -0.2) is 64.6 Å². The van der Waals surface area contributed by atoms with E-state index in [0.29, 0.717) is 18.2 Å². The first-order valence-electron chi connectivity index (χ1n) is 9.22. The van der Waals surface area contributed by atoms with Crippen LogP contribution in [0.1, 0.15) is 49.4 Å². The van der Waals surface area contributed by atoms with Gasteiger partial charge in [0.25, 0.3) is 5.91 Å². The SMILES string of the molecule is CC[C@]1(CO)CCCN(C2CCN(C(=O)c3cccnc3)CC2)C1. The Labute approximate surface area is 144 Å². The zero-order chi connectivity index (χ0) is 17.0. The number of aromatic nitrogens is 1. The summed E-state index contributed by atoms with van der Waals surface area (Å²) in [6, 6.07) is 4.19. The Bertz CT molecular complexity index is 537. The molecule has 2 aliphatic rings. The maximum absolute atomic E-state index is 12.5. The van der Waals surface area contributed by atoms with Crippen molar-refractivity contribution in [2.24, 2.45) is 5.41 Å². The Kier molecular flexibility index (Phi) is 5.51. The number of carbonyl (C=O) groups excluding carboxylic acids is 1. The molecule has 5 nitrogen and oxygen atoms in total. The molecule has 2 fully saturated rings. The van der Waals surface area contributed by atoms with Crippen LogP contribution in [0.4, 0.5) is 0 Å². The maximum atomic E-state index is 12.5. The molecular formula is C19H29N3O2. The number of aliphatic hydroxyl groups excluding tert-OH is 1. The van der Waals surface area contributed by atoms with Crippen LogP contribution >= 0.6 is 0 Å². The number of pyridine rings is 1. The van der Waals surface area contributed by atoms with E-state index in [-0.39, 0.29) is 11.3 Å². The first kappa shape index (κ1) is 17.4. The lowest BCUT2D eigenvalue weighted by Crippen LogP contribution is -2.53. The number of amides is 1. The van der Waals surface area contributed by atoms with E-state index in [4.69, 9.17) is 0 Å². The van der Waals surface area contributed by atoms with Gasteiger partial charge in [-0.1, -0.05) is 6.92 Å². The molecule has 2 saturated heterocycles. The van der Waals surface area contributed by atoms with Gasteiger partial charge >= 0.3 is 0 Å². The van der Waals surface area contributed by atoms with Crippen LogP contribution in [0.2, 0.25) is 0 Å². The molecule has 0 aromatic carbocycles. The summed E-state index contributed by atoms with van der Waals surface area (Å²) in [6.07, 6.45) is 8.74. The fraction of sp³-hybridized carbons (Fsp3) is 0.684. The lowest BCUT2D eigenvalue weighted by Gasteiger charge is -2.46. The standard InChI is InChI=1S/C19H29N3O2/c1-2-19(15-23)8-4-10-22(14-19)17-6-11-21(12-7-17)18(24)16-5-3-9-20-13-16/h3,5,9,13,17,23H,2,4,6-8,10-12,14-15H2,1H3/t19-/m0/s1. The molecule has 0 bridgehead atoms. The normalized spacial score (nSPS) is 26.5. The molecule has 3 rings (SSSR count). The van der Waals surface area contributed by atoms with Crippen molar-refractivity contribution in [3.8, 4) is 0 Å². The fourth-order valence-corrected chi connectivity index (χ4v) is 4.19. The smallest absolute Gasteiger partial charge is 0.255 e. The highest BCUT2D eigenvalue weighted by Gasteiger charge is 2.37. The molecule has 1 N–H and O–H groups in total. The third kappa shape index (κ3) is 3.62. The number of aliphatic hydroxyl groups is 1. The second-order valence-electron chi connectivity index (χ2n) is 7.35. The average molecular weight is 331 g/mol. The number of hydrogen-bond donors (Lipinski definition) is 1. The number of likely N-dealkylation sites (tertiary alicyclic amines) is 2. The van der Waals surface area contributed by atoms with Gasteiger partial charge in [0.05, 0.1) is 5.56 Å². The van der Waals surface area contributed by atoms with Crippen molar-refractivity contribution in [1.29, 1.82) is 0 Å². The van der Waals surface area contributed by atoms with Crippen LogP contribution in [0.5, 0.6) is 0 Å². The molecule has 2 aliphatic heterocycles. The molecule has 5 heteroatoms. The van der Waals surface area contributed by atoms with Crippen molar-refractivity contribution in [2.75, 3.05) is 32.8 Å². The summed E-state index contributed by atoms with van der Waals surface area (Å²) in [5.74, 6) is 0.0958. The van der Waals surface area contributed by atoms with Gasteiger partial charge in [0.1, 0.15) is 0 Å². The molecule has 0 radical (unpaired) electrons. The molecule has 1 atom stereocenters. The molecule has 0 unspecified atom stereocenters. The number of nitrogens with zero attached hydrogens (tertiary/aromatic N) is 3. The molecule has 1 aromatic heterocycles. The van der Waals surface area contributed by atoms with Crippen molar-refractivity contribution in [2.45, 2.75) is 45.1 Å². The van der Waals surface area contributed by atoms with E-state index in [1.54, 1.807) is 12.4 Å². The quantitative estimate of drug-likeness (QED) is 0.919. The van der Waals surface area contributed by atoms with Gasteiger partial charge in [0.15, 0.2) is 0 Å². The average Bonchev–Trinajstić information content (AvgIpc) is 2.68. The van der Waals surface area contributed by atoms with Crippen LogP contribution in [0.25, 0.3) is 0 Å². The van der Waals surface area contributed by atoms with Crippen molar-refractivity contribution in [3.63, 3.8) is 0 Å². The van der Waals surface area contributed by atoms with Crippen LogP contribution in [0, 0.1) is 5.41 Å². The van der Waals surface area contributed by atoms with Crippen molar-refractivity contribution < 1.29 is 9.90 Å². The summed E-state index contributed by atoms with van der Waals surface area (Å²) in [5, 5.41) is 9.81. The molecule has 132 valence electrons. The minimum absolute atomic E-state index is 0.0842. The van der Waals surface area contributed by atoms with E-state index >= 15 is 0 Å². The molecule has 0 spiro atoms. The van der Waals surface area contributed by atoms with Crippen LogP contribution in [0.3, 0.4) is 0 Å². The predicted octanol–water partition coefficient (Wildman–Crippen LogP) is 2.17. The van der Waals surface area contributed by atoms with Gasteiger partial charge in [-0.05, 0) is 50.8 Å². The number of carbonyl (C=O) groups is 1. The van der Waals surface area contributed by atoms with Gasteiger partial charge in [0, 0.05) is 50.1 Å². The van der Waals surface area contributed by atoms with Crippen molar-refractivity contribution in [3.05, 3.63) is 30.1 Å². The number of hydrogen-bond acceptors (Lipinski definition) is 4. The van der Waals surface area contributed by atoms with E-state index in [1.165, 1.54) is 6.42 Å². The third-order valence-electron chi connectivity index (χ3n) is 5.95. The Morgan fingerprint density at radius 3 is 2.79 bits per heavy atom. The monoisotopic (exact) mass is 331 g/mol. The zero-order valence-electron chi connectivity index (χ0n) is 14.7. The van der Waals surface area contributed by atoms with E-state index in [0.717, 1.165) is 51.9 Å². The van der Waals surface area contributed by atoms with Crippen LogP contribution in [0.15, 0.2) is 24.5 Å². The molecule has 1 amide bonds. The van der Waals surface area contributed by atoms with E-state index in [9.17, 15) is 9.90 Å². The highest BCUT2D eigenvalue weighted by molar-refractivity contribution is 5.93. The summed E-state index contributed by atoms with van der Waals surface area (Å²) in [5.41, 5.74) is 0.764. The maximum Gasteiger partial charge on any atom is 0.255 e. The third-order valence-corrected chi connectivity index (χ3v) is 5.95. The van der Waals surface area contributed by atoms with E-state index in [1.807, 2.05) is 17.0 Å². The number of piperidine rings is 2. The summed E-state index contributed by atoms with van der Waals surface area (Å²) in [4.78, 5) is 21.1. The van der Waals surface area contributed by atoms with Gasteiger partial charge in [0.2, 0.25) is 0 Å². The van der Waals surface area contributed by atoms with Gasteiger partial charge in [-0.2, -0.15) is 0 Å². The van der Waals surface area contributed by atoms with Gasteiger partial charge in [-0.3, -0.25) is 14.7 Å². The number of rotatable bonds is 4. The van der Waals surface area contributed by atoms with Crippen LogP contribution < -0.4 is 0 Å². The molecule has 0 saturated carbocycles. The first-order valence-corrected chi connectivity index (χ1v) is 9.22. The fourth-order valence-electron chi connectivity index (χ4n) is 4.19. The van der Waals surface area contributed by atoms with E-state index < -0.39 is 0 Å². The minimum atomic E-state index is 0.0842. The topological polar surface area (TPSA) is 56.7 Å². The molecule has 24 heavy (non-hydrogen) atoms. The van der Waals surface area contributed by atoms with Gasteiger partial charge < -0.3 is 10.0 Å². The van der Waals surface area contributed by atoms with Gasteiger partial charge in [-0.15, -0.1) is 0 Å². The molecular weight excluding hydrogens is 302 g/mol. The highest BCUT2D eigenvalue weighted by atomic mass is 16.3. The van der Waals surface area contributed by atoms with Crippen LogP contribution in [-0.2, 0) is 0 Å². The first-order chi connectivity index (χ1) is 11.7. The van der Waals surface area contributed by atoms with Gasteiger partial charge in [-0.25, -0.2) is 0 Å². The Morgan fingerprint density at radius 1 is 1.38 bits per heavy atom. The highest BCUT2D eigenvalue weighted by Crippen LogP contribution is 2.35. The molecule has 0 aliphatic carbocycles. The second-order valence-corrected chi connectivity index (χ2v) is 7.35. The lowest BCUT2D eigenvalue weighted by atomic mass is 9.77. The predicted molar refractivity (Wildman–Crippen MR) is 93.8 cm³/mol. The summed E-state index contributed by atoms with van der Waals surface area (Å²) >= 11 is 0. The van der Waals surface area contributed by atoms with Crippen molar-refractivity contribution >= 4 is 5.91 Å². The van der Waals surface area contributed by atoms with Crippen molar-refractivity contribution in [1.82, 2.24) is 14.8 Å². The summed E-state index contributed by atoms with van der Waals surface area (Å²) in [6.45, 7) is 6.23. The molecule has 1 aromatic rings. The Morgan fingerprint density at radius 2 is 2.17 bits per heavy atom. The molecule has 3 heterocycles. The Balaban J connectivity index is 1.56. The second kappa shape index (κ2) is 7.62. The largest absolute Gasteiger partial charge is 0.396 e. The summed E-state index contributed by atoms with van der Waals surface area (Å²) < 4.78 is 0. The summed E-state index contributed by atoms with van der Waals surface area (Å²) in [7, 11) is 0.